The number of hydrogen-bond acceptors (Lipinski definition) is 4. The molecule has 0 aliphatic carbocycles. The Kier molecular flexibility index (Phi) is 5.81. The predicted molar refractivity (Wildman–Crippen MR) is 108 cm³/mol. The first-order valence-electron chi connectivity index (χ1n) is 8.38. The molecule has 2 aromatic carbocycles. The summed E-state index contributed by atoms with van der Waals surface area (Å²) < 4.78 is 0. The minimum absolute atomic E-state index is 0.0534. The molecule has 1 aromatic heterocycles. The van der Waals surface area contributed by atoms with Crippen LogP contribution in [0.3, 0.4) is 0 Å². The van der Waals surface area contributed by atoms with E-state index in [1.54, 1.807) is 48.5 Å². The van der Waals surface area contributed by atoms with Crippen LogP contribution in [0, 0.1) is 0 Å². The molecule has 28 heavy (non-hydrogen) atoms. The van der Waals surface area contributed by atoms with Gasteiger partial charge in [-0.2, -0.15) is 0 Å². The van der Waals surface area contributed by atoms with E-state index >= 15 is 0 Å². The zero-order chi connectivity index (χ0) is 20.1. The number of hydrogen-bond donors (Lipinski definition) is 2. The molecule has 0 unspecified atom stereocenters. The molecule has 0 saturated carbocycles. The van der Waals surface area contributed by atoms with E-state index in [-0.39, 0.29) is 17.0 Å². The van der Waals surface area contributed by atoms with E-state index < -0.39 is 11.8 Å². The molecule has 6 nitrogen and oxygen atoms in total. The molecule has 0 spiro atoms. The summed E-state index contributed by atoms with van der Waals surface area (Å²) in [4.78, 5) is 40.2. The lowest BCUT2D eigenvalue weighted by Crippen LogP contribution is -2.17. The van der Waals surface area contributed by atoms with Crippen molar-refractivity contribution in [2.75, 3.05) is 10.6 Å². The van der Waals surface area contributed by atoms with Gasteiger partial charge in [-0.1, -0.05) is 17.7 Å². The van der Waals surface area contributed by atoms with Crippen LogP contribution in [0.25, 0.3) is 0 Å². The van der Waals surface area contributed by atoms with Crippen LogP contribution in [0.15, 0.2) is 66.9 Å². The zero-order valence-electron chi connectivity index (χ0n) is 14.9. The van der Waals surface area contributed by atoms with Crippen LogP contribution in [-0.4, -0.2) is 22.6 Å². The van der Waals surface area contributed by atoms with Gasteiger partial charge in [-0.25, -0.2) is 0 Å². The fourth-order valence-corrected chi connectivity index (χ4v) is 2.64. The maximum atomic E-state index is 12.5. The molecule has 1 heterocycles. The number of carbonyl (C=O) groups is 3. The number of anilines is 2. The summed E-state index contributed by atoms with van der Waals surface area (Å²) in [5.41, 5.74) is 2.00. The number of halogens is 1. The van der Waals surface area contributed by atoms with Crippen molar-refractivity contribution in [1.29, 1.82) is 0 Å². The third kappa shape index (κ3) is 4.81. The second-order valence-electron chi connectivity index (χ2n) is 5.98. The first kappa shape index (κ1) is 19.3. The molecule has 0 bridgehead atoms. The molecular weight excluding hydrogens is 378 g/mol. The van der Waals surface area contributed by atoms with Gasteiger partial charge in [0.25, 0.3) is 11.8 Å². The Labute approximate surface area is 166 Å². The standard InChI is InChI=1S/C21H16ClN3O3/c1-13(26)14-5-7-17(8-6-14)24-20(27)15-9-10-23-19(11-15)21(28)25-18-4-2-3-16(22)12-18/h2-12H,1H3,(H,24,27)(H,25,28). The van der Waals surface area contributed by atoms with Crippen molar-refractivity contribution < 1.29 is 14.4 Å². The molecule has 140 valence electrons. The van der Waals surface area contributed by atoms with E-state index in [9.17, 15) is 14.4 Å². The fourth-order valence-electron chi connectivity index (χ4n) is 2.45. The SMILES string of the molecule is CC(=O)c1ccc(NC(=O)c2ccnc(C(=O)Nc3cccc(Cl)c3)c2)cc1. The molecule has 0 aliphatic rings. The van der Waals surface area contributed by atoms with Crippen LogP contribution in [0.2, 0.25) is 5.02 Å². The first-order chi connectivity index (χ1) is 13.4. The van der Waals surface area contributed by atoms with Crippen LogP contribution in [-0.2, 0) is 0 Å². The van der Waals surface area contributed by atoms with E-state index in [0.29, 0.717) is 22.0 Å². The van der Waals surface area contributed by atoms with Crippen LogP contribution in [0.1, 0.15) is 38.1 Å². The van der Waals surface area contributed by atoms with Crippen molar-refractivity contribution in [3.05, 3.63) is 88.7 Å². The van der Waals surface area contributed by atoms with Gasteiger partial charge in [0.05, 0.1) is 0 Å². The molecule has 2 amide bonds. The quantitative estimate of drug-likeness (QED) is 0.627. The molecule has 0 atom stereocenters. The lowest BCUT2D eigenvalue weighted by atomic mass is 10.1. The number of ketones is 1. The number of carbonyl (C=O) groups excluding carboxylic acids is 3. The number of nitrogens with one attached hydrogen (secondary N) is 2. The number of rotatable bonds is 5. The van der Waals surface area contributed by atoms with Gasteiger partial charge in [0.15, 0.2) is 5.78 Å². The van der Waals surface area contributed by atoms with E-state index in [1.807, 2.05) is 0 Å². The van der Waals surface area contributed by atoms with Crippen LogP contribution >= 0.6 is 11.6 Å². The molecule has 0 fully saturated rings. The molecule has 2 N–H and O–H groups in total. The molecule has 3 aromatic rings. The second kappa shape index (κ2) is 8.45. The van der Waals surface area contributed by atoms with E-state index in [4.69, 9.17) is 11.6 Å². The number of amides is 2. The van der Waals surface area contributed by atoms with Crippen LogP contribution < -0.4 is 10.6 Å². The van der Waals surface area contributed by atoms with E-state index in [0.717, 1.165) is 0 Å². The topological polar surface area (TPSA) is 88.2 Å². The second-order valence-corrected chi connectivity index (χ2v) is 6.42. The van der Waals surface area contributed by atoms with Crippen molar-refractivity contribution in [3.63, 3.8) is 0 Å². The van der Waals surface area contributed by atoms with Gasteiger partial charge in [0.1, 0.15) is 5.69 Å². The van der Waals surface area contributed by atoms with Crippen molar-refractivity contribution in [1.82, 2.24) is 4.98 Å². The highest BCUT2D eigenvalue weighted by atomic mass is 35.5. The third-order valence-electron chi connectivity index (χ3n) is 3.89. The van der Waals surface area contributed by atoms with Gasteiger partial charge in [-0.3, -0.25) is 19.4 Å². The summed E-state index contributed by atoms with van der Waals surface area (Å²) in [5, 5.41) is 5.90. The highest BCUT2D eigenvalue weighted by Gasteiger charge is 2.13. The molecule has 7 heteroatoms. The summed E-state index contributed by atoms with van der Waals surface area (Å²) in [6.45, 7) is 1.47. The molecular formula is C21H16ClN3O3. The van der Waals surface area contributed by atoms with Gasteiger partial charge in [0, 0.05) is 33.7 Å². The van der Waals surface area contributed by atoms with Gasteiger partial charge in [0.2, 0.25) is 0 Å². The minimum Gasteiger partial charge on any atom is -0.322 e. The molecule has 3 rings (SSSR count). The molecule has 0 radical (unpaired) electrons. The minimum atomic E-state index is -0.456. The lowest BCUT2D eigenvalue weighted by Gasteiger charge is -2.08. The molecule has 0 saturated heterocycles. The number of Topliss-reactive ketones (excluding diaryl/α,β-unsaturated/α-hetero) is 1. The van der Waals surface area contributed by atoms with Crippen LogP contribution in [0.5, 0.6) is 0 Å². The average molecular weight is 394 g/mol. The third-order valence-corrected chi connectivity index (χ3v) is 4.12. The summed E-state index contributed by atoms with van der Waals surface area (Å²) in [5.74, 6) is -0.903. The lowest BCUT2D eigenvalue weighted by molar-refractivity contribution is 0.100. The van der Waals surface area contributed by atoms with Gasteiger partial charge in [-0.15, -0.1) is 0 Å². The normalized spacial score (nSPS) is 10.2. The number of aromatic nitrogens is 1. The maximum absolute atomic E-state index is 12.5. The van der Waals surface area contributed by atoms with Crippen LogP contribution in [0.4, 0.5) is 11.4 Å². The number of nitrogens with zero attached hydrogens (tertiary/aromatic N) is 1. The van der Waals surface area contributed by atoms with Gasteiger partial charge in [-0.05, 0) is 61.5 Å². The average Bonchev–Trinajstić information content (AvgIpc) is 2.68. The zero-order valence-corrected chi connectivity index (χ0v) is 15.7. The van der Waals surface area contributed by atoms with Gasteiger partial charge < -0.3 is 10.6 Å². The summed E-state index contributed by atoms with van der Waals surface area (Å²) in [7, 11) is 0. The number of benzene rings is 2. The van der Waals surface area contributed by atoms with Crippen molar-refractivity contribution in [3.8, 4) is 0 Å². The molecule has 0 aliphatic heterocycles. The summed E-state index contributed by atoms with van der Waals surface area (Å²) in [6.07, 6.45) is 1.39. The summed E-state index contributed by atoms with van der Waals surface area (Å²) >= 11 is 5.91. The fraction of sp³-hybridized carbons (Fsp3) is 0.0476. The highest BCUT2D eigenvalue weighted by molar-refractivity contribution is 6.31. The monoisotopic (exact) mass is 393 g/mol. The van der Waals surface area contributed by atoms with E-state index in [1.165, 1.54) is 25.3 Å². The number of pyridine rings is 1. The highest BCUT2D eigenvalue weighted by Crippen LogP contribution is 2.16. The Morgan fingerprint density at radius 1 is 0.821 bits per heavy atom. The Hall–Kier alpha value is -3.51. The van der Waals surface area contributed by atoms with Crippen molar-refractivity contribution in [2.45, 2.75) is 6.92 Å². The van der Waals surface area contributed by atoms with Gasteiger partial charge >= 0.3 is 0 Å². The predicted octanol–water partition coefficient (Wildman–Crippen LogP) is 4.44. The first-order valence-corrected chi connectivity index (χ1v) is 8.75. The van der Waals surface area contributed by atoms with Crippen molar-refractivity contribution in [2.24, 2.45) is 0 Å². The summed E-state index contributed by atoms with van der Waals surface area (Å²) in [6, 6.07) is 16.2. The van der Waals surface area contributed by atoms with Crippen molar-refractivity contribution >= 4 is 40.6 Å². The smallest absolute Gasteiger partial charge is 0.274 e. The largest absolute Gasteiger partial charge is 0.322 e. The Balaban J connectivity index is 1.72. The Morgan fingerprint density at radius 2 is 1.54 bits per heavy atom. The Bertz CT molecular complexity index is 1050. The van der Waals surface area contributed by atoms with E-state index in [2.05, 4.69) is 15.6 Å². The maximum Gasteiger partial charge on any atom is 0.274 e. The Morgan fingerprint density at radius 3 is 2.21 bits per heavy atom.